The summed E-state index contributed by atoms with van der Waals surface area (Å²) in [5.74, 6) is 1.03. The second kappa shape index (κ2) is 9.21. The first-order valence-corrected chi connectivity index (χ1v) is 12.1. The van der Waals surface area contributed by atoms with E-state index < -0.39 is 10.0 Å². The van der Waals surface area contributed by atoms with Crippen LogP contribution in [-0.4, -0.2) is 54.7 Å². The van der Waals surface area contributed by atoms with E-state index in [2.05, 4.69) is 10.2 Å². The van der Waals surface area contributed by atoms with Crippen molar-refractivity contribution >= 4 is 27.6 Å². The van der Waals surface area contributed by atoms with Crippen LogP contribution in [0.3, 0.4) is 0 Å². The van der Waals surface area contributed by atoms with Gasteiger partial charge < -0.3 is 9.15 Å². The average Bonchev–Trinajstić information content (AvgIpc) is 3.50. The van der Waals surface area contributed by atoms with Gasteiger partial charge in [0.25, 0.3) is 5.22 Å². The summed E-state index contributed by atoms with van der Waals surface area (Å²) in [6.45, 7) is 1.09. The van der Waals surface area contributed by atoms with E-state index in [1.54, 1.807) is 31.4 Å². The molecule has 2 heterocycles. The number of Topliss-reactive ketones (excluding diaryl/α,β-unsaturated/α-hetero) is 1. The van der Waals surface area contributed by atoms with Gasteiger partial charge in [-0.25, -0.2) is 8.42 Å². The molecule has 0 unspecified atom stereocenters. The van der Waals surface area contributed by atoms with Gasteiger partial charge in [0.1, 0.15) is 5.75 Å². The van der Waals surface area contributed by atoms with Crippen molar-refractivity contribution in [2.24, 2.45) is 0 Å². The molecule has 0 radical (unpaired) electrons. The highest BCUT2D eigenvalue weighted by Gasteiger charge is 2.27. The van der Waals surface area contributed by atoms with Gasteiger partial charge in [0.2, 0.25) is 15.9 Å². The minimum Gasteiger partial charge on any atom is -0.497 e. The fraction of sp³-hybridized carbons (Fsp3) is 0.286. The number of carbonyl (C=O) groups is 1. The van der Waals surface area contributed by atoms with E-state index in [0.717, 1.165) is 35.9 Å². The van der Waals surface area contributed by atoms with E-state index in [1.807, 2.05) is 12.1 Å². The Balaban J connectivity index is 1.37. The Morgan fingerprint density at radius 3 is 2.39 bits per heavy atom. The maximum absolute atomic E-state index is 12.6. The Morgan fingerprint density at radius 1 is 1.06 bits per heavy atom. The van der Waals surface area contributed by atoms with Crippen molar-refractivity contribution in [1.82, 2.24) is 14.5 Å². The van der Waals surface area contributed by atoms with E-state index >= 15 is 0 Å². The zero-order chi connectivity index (χ0) is 21.8. The fourth-order valence-electron chi connectivity index (χ4n) is 3.22. The Morgan fingerprint density at radius 2 is 1.74 bits per heavy atom. The SMILES string of the molecule is COc1ccc(-c2nnc(SCC(=O)c3ccc(S(=O)(=O)N4CCCC4)cc3)o2)cc1. The molecule has 4 rings (SSSR count). The van der Waals surface area contributed by atoms with Gasteiger partial charge in [0.15, 0.2) is 5.78 Å². The zero-order valence-electron chi connectivity index (χ0n) is 16.9. The molecule has 8 nitrogen and oxygen atoms in total. The molecule has 0 bridgehead atoms. The number of carbonyl (C=O) groups excluding carboxylic acids is 1. The van der Waals surface area contributed by atoms with Crippen molar-refractivity contribution in [2.45, 2.75) is 23.0 Å². The number of benzene rings is 2. The van der Waals surface area contributed by atoms with Gasteiger partial charge >= 0.3 is 0 Å². The molecule has 0 aliphatic carbocycles. The predicted octanol–water partition coefficient (Wildman–Crippen LogP) is 3.50. The molecule has 162 valence electrons. The Bertz CT molecular complexity index is 1150. The normalized spacial score (nSPS) is 14.6. The van der Waals surface area contributed by atoms with Crippen molar-refractivity contribution in [3.05, 3.63) is 54.1 Å². The van der Waals surface area contributed by atoms with Gasteiger partial charge in [0, 0.05) is 24.2 Å². The number of methoxy groups -OCH3 is 1. The summed E-state index contributed by atoms with van der Waals surface area (Å²) < 4.78 is 37.4. The number of hydrogen-bond acceptors (Lipinski definition) is 8. The largest absolute Gasteiger partial charge is 0.497 e. The van der Waals surface area contributed by atoms with E-state index in [1.165, 1.54) is 16.4 Å². The van der Waals surface area contributed by atoms with Gasteiger partial charge in [-0.2, -0.15) is 4.31 Å². The number of thioether (sulfide) groups is 1. The van der Waals surface area contributed by atoms with E-state index in [0.29, 0.717) is 24.5 Å². The van der Waals surface area contributed by atoms with Crippen LogP contribution in [0.4, 0.5) is 0 Å². The predicted molar refractivity (Wildman–Crippen MR) is 116 cm³/mol. The van der Waals surface area contributed by atoms with Crippen LogP contribution >= 0.6 is 11.8 Å². The molecule has 2 aromatic carbocycles. The quantitative estimate of drug-likeness (QED) is 0.372. The van der Waals surface area contributed by atoms with E-state index in [4.69, 9.17) is 9.15 Å². The molecule has 0 atom stereocenters. The first-order chi connectivity index (χ1) is 15.0. The van der Waals surface area contributed by atoms with Gasteiger partial charge in [-0.15, -0.1) is 10.2 Å². The van der Waals surface area contributed by atoms with Crippen molar-refractivity contribution < 1.29 is 22.4 Å². The van der Waals surface area contributed by atoms with Gasteiger partial charge in [-0.1, -0.05) is 23.9 Å². The molecule has 10 heteroatoms. The molecule has 1 fully saturated rings. The van der Waals surface area contributed by atoms with Crippen molar-refractivity contribution in [1.29, 1.82) is 0 Å². The number of ether oxygens (including phenoxy) is 1. The monoisotopic (exact) mass is 459 g/mol. The highest BCUT2D eigenvalue weighted by atomic mass is 32.2. The minimum atomic E-state index is -3.49. The molecule has 1 aromatic heterocycles. The topological polar surface area (TPSA) is 103 Å². The van der Waals surface area contributed by atoms with Crippen molar-refractivity contribution in [2.75, 3.05) is 26.0 Å². The summed E-state index contributed by atoms with van der Waals surface area (Å²) in [5.41, 5.74) is 1.18. The zero-order valence-corrected chi connectivity index (χ0v) is 18.5. The maximum Gasteiger partial charge on any atom is 0.277 e. The van der Waals surface area contributed by atoms with Crippen LogP contribution < -0.4 is 4.74 Å². The molecular weight excluding hydrogens is 438 g/mol. The van der Waals surface area contributed by atoms with Gasteiger partial charge in [0.05, 0.1) is 17.8 Å². The third-order valence-electron chi connectivity index (χ3n) is 4.95. The summed E-state index contributed by atoms with van der Waals surface area (Å²) in [5, 5.41) is 8.26. The second-order valence-electron chi connectivity index (χ2n) is 6.95. The lowest BCUT2D eigenvalue weighted by molar-refractivity contribution is 0.102. The van der Waals surface area contributed by atoms with Crippen LogP contribution in [0.1, 0.15) is 23.2 Å². The highest BCUT2D eigenvalue weighted by molar-refractivity contribution is 7.99. The molecule has 0 N–H and O–H groups in total. The maximum atomic E-state index is 12.6. The molecule has 1 aliphatic rings. The van der Waals surface area contributed by atoms with Crippen LogP contribution in [0, 0.1) is 0 Å². The lowest BCUT2D eigenvalue weighted by Crippen LogP contribution is -2.27. The first kappa shape index (κ1) is 21.5. The van der Waals surface area contributed by atoms with Crippen LogP contribution in [0.5, 0.6) is 5.75 Å². The van der Waals surface area contributed by atoms with Crippen LogP contribution in [0.15, 0.2) is 63.1 Å². The number of nitrogens with zero attached hydrogens (tertiary/aromatic N) is 3. The number of rotatable bonds is 8. The average molecular weight is 460 g/mol. The molecule has 1 saturated heterocycles. The standard InChI is InChI=1S/C21H21N3O5S2/c1-28-17-8-4-16(5-9-17)20-22-23-21(29-20)30-14-19(25)15-6-10-18(11-7-15)31(26,27)24-12-2-3-13-24/h4-11H,2-3,12-14H2,1H3. The van der Waals surface area contributed by atoms with Crippen molar-refractivity contribution in [3.8, 4) is 17.2 Å². The number of aromatic nitrogens is 2. The number of sulfonamides is 1. The third-order valence-corrected chi connectivity index (χ3v) is 7.68. The third kappa shape index (κ3) is 4.81. The second-order valence-corrected chi connectivity index (χ2v) is 9.81. The number of ketones is 1. The van der Waals surface area contributed by atoms with Crippen molar-refractivity contribution in [3.63, 3.8) is 0 Å². The highest BCUT2D eigenvalue weighted by Crippen LogP contribution is 2.26. The summed E-state index contributed by atoms with van der Waals surface area (Å²) in [6.07, 6.45) is 1.76. The molecule has 31 heavy (non-hydrogen) atoms. The smallest absolute Gasteiger partial charge is 0.277 e. The van der Waals surface area contributed by atoms with Crippen LogP contribution in [0.2, 0.25) is 0 Å². The van der Waals surface area contributed by atoms with E-state index in [-0.39, 0.29) is 21.7 Å². The molecule has 0 spiro atoms. The summed E-state index contributed by atoms with van der Waals surface area (Å²) >= 11 is 1.14. The molecular formula is C21H21N3O5S2. The Hall–Kier alpha value is -2.69. The summed E-state index contributed by atoms with van der Waals surface area (Å²) in [6, 6.07) is 13.3. The number of hydrogen-bond donors (Lipinski definition) is 0. The molecule has 3 aromatic rings. The van der Waals surface area contributed by atoms with E-state index in [9.17, 15) is 13.2 Å². The Labute approximate surface area is 184 Å². The molecule has 0 saturated carbocycles. The summed E-state index contributed by atoms with van der Waals surface area (Å²) in [4.78, 5) is 12.7. The van der Waals surface area contributed by atoms with Crippen LogP contribution in [0.25, 0.3) is 11.5 Å². The first-order valence-electron chi connectivity index (χ1n) is 9.71. The summed E-state index contributed by atoms with van der Waals surface area (Å²) in [7, 11) is -1.90. The fourth-order valence-corrected chi connectivity index (χ4v) is 5.39. The van der Waals surface area contributed by atoms with Crippen LogP contribution in [-0.2, 0) is 10.0 Å². The lowest BCUT2D eigenvalue weighted by atomic mass is 10.1. The molecule has 0 amide bonds. The Kier molecular flexibility index (Phi) is 6.40. The van der Waals surface area contributed by atoms with Gasteiger partial charge in [-0.05, 0) is 49.2 Å². The minimum absolute atomic E-state index is 0.0997. The lowest BCUT2D eigenvalue weighted by Gasteiger charge is -2.15. The van der Waals surface area contributed by atoms with Gasteiger partial charge in [-0.3, -0.25) is 4.79 Å². The molecule has 1 aliphatic heterocycles.